The number of ether oxygens (including phenoxy) is 1. The second kappa shape index (κ2) is 12.2. The van der Waals surface area contributed by atoms with Crippen LogP contribution in [0.4, 0.5) is 0 Å². The smallest absolute Gasteiger partial charge is 0.243 e. The molecule has 2 aliphatic rings. The van der Waals surface area contributed by atoms with Gasteiger partial charge in [0.15, 0.2) is 5.96 Å². The van der Waals surface area contributed by atoms with E-state index in [9.17, 15) is 8.42 Å². The summed E-state index contributed by atoms with van der Waals surface area (Å²) in [5.74, 6) is 1.17. The van der Waals surface area contributed by atoms with Crippen molar-refractivity contribution >= 4 is 40.0 Å². The standard InChI is InChI=1S/C21H34N4O3S.HI/c1-3-22-21(24-15-19-7-5-13-28-19)23-14-18-8-10-20(11-9-18)29(26,27)25-12-4-6-17(2)16-25;/h8-11,17,19H,3-7,12-16H2,1-2H3,(H2,22,23,24);1H. The van der Waals surface area contributed by atoms with E-state index in [4.69, 9.17) is 4.74 Å². The van der Waals surface area contributed by atoms with Crippen molar-refractivity contribution in [3.05, 3.63) is 29.8 Å². The Morgan fingerprint density at radius 1 is 1.20 bits per heavy atom. The first-order valence-electron chi connectivity index (χ1n) is 10.7. The summed E-state index contributed by atoms with van der Waals surface area (Å²) in [4.78, 5) is 4.98. The third-order valence-corrected chi connectivity index (χ3v) is 7.35. The summed E-state index contributed by atoms with van der Waals surface area (Å²) in [6.45, 7) is 8.22. The summed E-state index contributed by atoms with van der Waals surface area (Å²) in [6.07, 6.45) is 4.47. The molecule has 2 aliphatic heterocycles. The Hall–Kier alpha value is -0.910. The van der Waals surface area contributed by atoms with Crippen LogP contribution in [-0.4, -0.2) is 57.6 Å². The molecule has 7 nitrogen and oxygen atoms in total. The highest BCUT2D eigenvalue weighted by Gasteiger charge is 2.28. The van der Waals surface area contributed by atoms with E-state index < -0.39 is 10.0 Å². The minimum Gasteiger partial charge on any atom is -0.376 e. The van der Waals surface area contributed by atoms with Gasteiger partial charge in [-0.2, -0.15) is 4.31 Å². The van der Waals surface area contributed by atoms with E-state index in [0.29, 0.717) is 30.4 Å². The van der Waals surface area contributed by atoms with E-state index in [1.165, 1.54) is 0 Å². The van der Waals surface area contributed by atoms with Gasteiger partial charge in [-0.15, -0.1) is 24.0 Å². The average molecular weight is 551 g/mol. The molecule has 2 atom stereocenters. The Bertz CT molecular complexity index is 780. The molecule has 3 rings (SSSR count). The molecule has 0 aromatic heterocycles. The summed E-state index contributed by atoms with van der Waals surface area (Å²) in [5, 5.41) is 6.57. The number of hydrogen-bond acceptors (Lipinski definition) is 4. The van der Waals surface area contributed by atoms with Crippen LogP contribution in [0, 0.1) is 5.92 Å². The maximum absolute atomic E-state index is 12.9. The second-order valence-electron chi connectivity index (χ2n) is 7.97. The van der Waals surface area contributed by atoms with Crippen molar-refractivity contribution in [2.75, 3.05) is 32.8 Å². The van der Waals surface area contributed by atoms with Gasteiger partial charge in [-0.3, -0.25) is 0 Å². The lowest BCUT2D eigenvalue weighted by Gasteiger charge is -2.30. The number of aliphatic imine (C=N–C) groups is 1. The zero-order valence-electron chi connectivity index (χ0n) is 18.0. The summed E-state index contributed by atoms with van der Waals surface area (Å²) in [6, 6.07) is 7.11. The van der Waals surface area contributed by atoms with Crippen LogP contribution in [-0.2, 0) is 21.3 Å². The highest BCUT2D eigenvalue weighted by molar-refractivity contribution is 14.0. The van der Waals surface area contributed by atoms with Gasteiger partial charge < -0.3 is 15.4 Å². The van der Waals surface area contributed by atoms with E-state index in [1.54, 1.807) is 16.4 Å². The molecular formula is C21H35IN4O3S. The topological polar surface area (TPSA) is 83.0 Å². The van der Waals surface area contributed by atoms with Gasteiger partial charge in [0.05, 0.1) is 17.5 Å². The number of guanidine groups is 1. The molecule has 1 aromatic carbocycles. The van der Waals surface area contributed by atoms with Gasteiger partial charge in [0.1, 0.15) is 0 Å². The fraction of sp³-hybridized carbons (Fsp3) is 0.667. The van der Waals surface area contributed by atoms with Crippen LogP contribution in [0.5, 0.6) is 0 Å². The first-order chi connectivity index (χ1) is 14.0. The zero-order chi connectivity index (χ0) is 20.7. The summed E-state index contributed by atoms with van der Waals surface area (Å²) >= 11 is 0. The molecule has 0 spiro atoms. The molecule has 2 unspecified atom stereocenters. The number of benzene rings is 1. The molecule has 0 radical (unpaired) electrons. The lowest BCUT2D eigenvalue weighted by Crippen LogP contribution is -2.41. The van der Waals surface area contributed by atoms with Crippen LogP contribution < -0.4 is 10.6 Å². The number of nitrogens with zero attached hydrogens (tertiary/aromatic N) is 2. The lowest BCUT2D eigenvalue weighted by atomic mass is 10.0. The Balaban J connectivity index is 0.00000320. The minimum atomic E-state index is -3.41. The minimum absolute atomic E-state index is 0. The van der Waals surface area contributed by atoms with Crippen LogP contribution in [0.2, 0.25) is 0 Å². The van der Waals surface area contributed by atoms with Gasteiger partial charge in [0.25, 0.3) is 0 Å². The van der Waals surface area contributed by atoms with Crippen molar-refractivity contribution in [3.8, 4) is 0 Å². The normalized spacial score (nSPS) is 23.1. The zero-order valence-corrected chi connectivity index (χ0v) is 21.1. The van der Waals surface area contributed by atoms with Crippen molar-refractivity contribution in [1.29, 1.82) is 0 Å². The van der Waals surface area contributed by atoms with Crippen LogP contribution in [0.1, 0.15) is 45.1 Å². The van der Waals surface area contributed by atoms with E-state index in [1.807, 2.05) is 19.1 Å². The molecule has 0 bridgehead atoms. The Kier molecular flexibility index (Phi) is 10.3. The number of halogens is 1. The molecule has 2 heterocycles. The molecule has 9 heteroatoms. The number of hydrogen-bond donors (Lipinski definition) is 2. The molecular weight excluding hydrogens is 515 g/mol. The number of sulfonamides is 1. The number of rotatable bonds is 7. The molecule has 30 heavy (non-hydrogen) atoms. The predicted octanol–water partition coefficient (Wildman–Crippen LogP) is 2.96. The molecule has 2 N–H and O–H groups in total. The Labute approximate surface area is 198 Å². The molecule has 0 saturated carbocycles. The molecule has 2 saturated heterocycles. The molecule has 0 amide bonds. The van der Waals surface area contributed by atoms with E-state index in [-0.39, 0.29) is 30.1 Å². The van der Waals surface area contributed by atoms with Crippen molar-refractivity contribution in [3.63, 3.8) is 0 Å². The molecule has 2 fully saturated rings. The second-order valence-corrected chi connectivity index (χ2v) is 9.90. The fourth-order valence-electron chi connectivity index (χ4n) is 3.81. The summed E-state index contributed by atoms with van der Waals surface area (Å²) in [5.41, 5.74) is 0.977. The van der Waals surface area contributed by atoms with Gasteiger partial charge in [-0.05, 0) is 56.2 Å². The van der Waals surface area contributed by atoms with Crippen molar-refractivity contribution in [1.82, 2.24) is 14.9 Å². The van der Waals surface area contributed by atoms with Gasteiger partial charge in [-0.25, -0.2) is 13.4 Å². The first kappa shape index (κ1) is 25.4. The Morgan fingerprint density at radius 2 is 1.97 bits per heavy atom. The van der Waals surface area contributed by atoms with Crippen molar-refractivity contribution in [2.45, 2.75) is 57.1 Å². The van der Waals surface area contributed by atoms with Crippen LogP contribution in [0.15, 0.2) is 34.2 Å². The van der Waals surface area contributed by atoms with E-state index in [2.05, 4.69) is 22.5 Å². The van der Waals surface area contributed by atoms with Crippen molar-refractivity contribution < 1.29 is 13.2 Å². The summed E-state index contributed by atoms with van der Waals surface area (Å²) in [7, 11) is -3.41. The summed E-state index contributed by atoms with van der Waals surface area (Å²) < 4.78 is 33.0. The molecule has 170 valence electrons. The maximum atomic E-state index is 12.9. The lowest BCUT2D eigenvalue weighted by molar-refractivity contribution is 0.114. The number of piperidine rings is 1. The molecule has 1 aromatic rings. The third-order valence-electron chi connectivity index (χ3n) is 5.47. The van der Waals surface area contributed by atoms with Gasteiger partial charge in [-0.1, -0.05) is 19.1 Å². The SMILES string of the molecule is CCNC(=NCc1ccc(S(=O)(=O)N2CCCC(C)C2)cc1)NCC1CCCO1.I. The first-order valence-corrected chi connectivity index (χ1v) is 12.2. The maximum Gasteiger partial charge on any atom is 0.243 e. The third kappa shape index (κ3) is 7.06. The van der Waals surface area contributed by atoms with Crippen molar-refractivity contribution in [2.24, 2.45) is 10.9 Å². The Morgan fingerprint density at radius 3 is 2.60 bits per heavy atom. The highest BCUT2D eigenvalue weighted by atomic mass is 127. The fourth-order valence-corrected chi connectivity index (χ4v) is 5.41. The van der Waals surface area contributed by atoms with E-state index in [0.717, 1.165) is 56.9 Å². The number of nitrogens with one attached hydrogen (secondary N) is 2. The quantitative estimate of drug-likeness (QED) is 0.310. The largest absolute Gasteiger partial charge is 0.376 e. The van der Waals surface area contributed by atoms with Crippen LogP contribution >= 0.6 is 24.0 Å². The monoisotopic (exact) mass is 550 g/mol. The van der Waals surface area contributed by atoms with Gasteiger partial charge in [0.2, 0.25) is 10.0 Å². The van der Waals surface area contributed by atoms with Gasteiger partial charge in [0, 0.05) is 32.8 Å². The highest BCUT2D eigenvalue weighted by Crippen LogP contribution is 2.23. The predicted molar refractivity (Wildman–Crippen MR) is 131 cm³/mol. The average Bonchev–Trinajstić information content (AvgIpc) is 3.24. The van der Waals surface area contributed by atoms with Gasteiger partial charge >= 0.3 is 0 Å². The van der Waals surface area contributed by atoms with E-state index >= 15 is 0 Å². The van der Waals surface area contributed by atoms with Crippen LogP contribution in [0.3, 0.4) is 0 Å². The molecule has 0 aliphatic carbocycles. The van der Waals surface area contributed by atoms with Crippen LogP contribution in [0.25, 0.3) is 0 Å².